The molecule has 21 heavy (non-hydrogen) atoms. The number of hydrogen-bond acceptors (Lipinski definition) is 4. The summed E-state index contributed by atoms with van der Waals surface area (Å²) in [5, 5.41) is 3.37. The normalized spacial score (nSPS) is 15.7. The third-order valence-corrected chi connectivity index (χ3v) is 3.72. The van der Waals surface area contributed by atoms with Crippen LogP contribution in [0.2, 0.25) is 0 Å². The third kappa shape index (κ3) is 4.76. The quantitative estimate of drug-likeness (QED) is 0.587. The molecular formula is C17H26N2O2. The van der Waals surface area contributed by atoms with Crippen LogP contribution in [-0.2, 0) is 6.42 Å². The van der Waals surface area contributed by atoms with E-state index >= 15 is 0 Å². The largest absolute Gasteiger partial charge is 0.493 e. The first kappa shape index (κ1) is 15.9. The fraction of sp³-hybridized carbons (Fsp3) is 0.529. The molecule has 0 bridgehead atoms. The van der Waals surface area contributed by atoms with Gasteiger partial charge in [-0.15, -0.1) is 6.58 Å². The minimum Gasteiger partial charge on any atom is -0.493 e. The molecule has 2 rings (SSSR count). The van der Waals surface area contributed by atoms with Crippen molar-refractivity contribution >= 4 is 0 Å². The Morgan fingerprint density at radius 1 is 1.33 bits per heavy atom. The summed E-state index contributed by atoms with van der Waals surface area (Å²) in [4.78, 5) is 2.48. The first-order valence-electron chi connectivity index (χ1n) is 7.68. The van der Waals surface area contributed by atoms with Crippen LogP contribution in [0.25, 0.3) is 0 Å². The van der Waals surface area contributed by atoms with Crippen LogP contribution in [0.15, 0.2) is 30.9 Å². The van der Waals surface area contributed by atoms with Crippen LogP contribution in [0, 0.1) is 0 Å². The lowest BCUT2D eigenvalue weighted by molar-refractivity contribution is 0.211. The van der Waals surface area contributed by atoms with Gasteiger partial charge in [0.25, 0.3) is 0 Å². The molecule has 4 heteroatoms. The minimum atomic E-state index is 0.717. The Balaban J connectivity index is 1.84. The zero-order valence-electron chi connectivity index (χ0n) is 12.9. The van der Waals surface area contributed by atoms with Gasteiger partial charge in [0, 0.05) is 38.3 Å². The Kier molecular flexibility index (Phi) is 6.57. The maximum absolute atomic E-state index is 5.99. The van der Waals surface area contributed by atoms with Gasteiger partial charge >= 0.3 is 0 Å². The molecule has 116 valence electrons. The van der Waals surface area contributed by atoms with Crippen LogP contribution in [0.5, 0.6) is 11.5 Å². The highest BCUT2D eigenvalue weighted by molar-refractivity contribution is 5.47. The second-order valence-corrected chi connectivity index (χ2v) is 5.23. The molecule has 0 aliphatic carbocycles. The molecule has 0 unspecified atom stereocenters. The lowest BCUT2D eigenvalue weighted by atomic mass is 10.1. The Morgan fingerprint density at radius 3 is 2.86 bits per heavy atom. The van der Waals surface area contributed by atoms with E-state index in [1.165, 1.54) is 0 Å². The van der Waals surface area contributed by atoms with Gasteiger partial charge in [-0.1, -0.05) is 18.2 Å². The zero-order valence-corrected chi connectivity index (χ0v) is 12.9. The third-order valence-electron chi connectivity index (χ3n) is 3.72. The Labute approximate surface area is 127 Å². The molecule has 1 aliphatic rings. The fourth-order valence-corrected chi connectivity index (χ4v) is 2.60. The number of nitrogens with one attached hydrogen (secondary N) is 1. The van der Waals surface area contributed by atoms with Gasteiger partial charge in [0.1, 0.15) is 0 Å². The van der Waals surface area contributed by atoms with Crippen LogP contribution < -0.4 is 14.8 Å². The van der Waals surface area contributed by atoms with Crippen molar-refractivity contribution in [2.75, 3.05) is 46.4 Å². The molecule has 0 radical (unpaired) electrons. The van der Waals surface area contributed by atoms with Crippen molar-refractivity contribution in [3.05, 3.63) is 36.4 Å². The van der Waals surface area contributed by atoms with Crippen LogP contribution in [-0.4, -0.2) is 51.3 Å². The van der Waals surface area contributed by atoms with Crippen molar-refractivity contribution in [1.29, 1.82) is 0 Å². The molecule has 1 aliphatic heterocycles. The molecule has 0 atom stereocenters. The maximum Gasteiger partial charge on any atom is 0.164 e. The van der Waals surface area contributed by atoms with Crippen molar-refractivity contribution in [1.82, 2.24) is 10.2 Å². The van der Waals surface area contributed by atoms with Gasteiger partial charge in [0.05, 0.1) is 13.7 Å². The molecule has 1 N–H and O–H groups in total. The van der Waals surface area contributed by atoms with E-state index in [4.69, 9.17) is 9.47 Å². The van der Waals surface area contributed by atoms with E-state index < -0.39 is 0 Å². The summed E-state index contributed by atoms with van der Waals surface area (Å²) in [5.74, 6) is 1.66. The van der Waals surface area contributed by atoms with Gasteiger partial charge in [0.2, 0.25) is 0 Å². The molecule has 4 nitrogen and oxygen atoms in total. The van der Waals surface area contributed by atoms with Gasteiger partial charge in [-0.05, 0) is 18.9 Å². The summed E-state index contributed by atoms with van der Waals surface area (Å²) < 4.78 is 11.4. The van der Waals surface area contributed by atoms with E-state index in [0.29, 0.717) is 6.61 Å². The Bertz CT molecular complexity index is 442. The molecular weight excluding hydrogens is 264 g/mol. The van der Waals surface area contributed by atoms with Gasteiger partial charge in [-0.25, -0.2) is 0 Å². The summed E-state index contributed by atoms with van der Waals surface area (Å²) in [6.45, 7) is 10.1. The molecule has 0 saturated carbocycles. The second kappa shape index (κ2) is 8.70. The highest BCUT2D eigenvalue weighted by atomic mass is 16.5. The number of allylic oxidation sites excluding steroid dienone is 1. The van der Waals surface area contributed by atoms with Gasteiger partial charge in [-0.3, -0.25) is 0 Å². The first-order chi connectivity index (χ1) is 10.3. The van der Waals surface area contributed by atoms with E-state index in [2.05, 4.69) is 22.9 Å². The molecule has 0 amide bonds. The van der Waals surface area contributed by atoms with E-state index in [1.54, 1.807) is 7.11 Å². The number of piperazine rings is 1. The number of para-hydroxylation sites is 1. The zero-order chi connectivity index (χ0) is 14.9. The van der Waals surface area contributed by atoms with Crippen molar-refractivity contribution in [3.8, 4) is 11.5 Å². The van der Waals surface area contributed by atoms with E-state index in [0.717, 1.165) is 62.6 Å². The van der Waals surface area contributed by atoms with Crippen molar-refractivity contribution in [2.45, 2.75) is 12.8 Å². The molecule has 1 fully saturated rings. The van der Waals surface area contributed by atoms with Crippen molar-refractivity contribution in [2.24, 2.45) is 0 Å². The van der Waals surface area contributed by atoms with Gasteiger partial charge in [-0.2, -0.15) is 0 Å². The van der Waals surface area contributed by atoms with Crippen molar-refractivity contribution in [3.63, 3.8) is 0 Å². The lowest BCUT2D eigenvalue weighted by Crippen LogP contribution is -2.43. The molecule has 1 saturated heterocycles. The summed E-state index contributed by atoms with van der Waals surface area (Å²) in [5.41, 5.74) is 1.13. The van der Waals surface area contributed by atoms with E-state index in [1.807, 2.05) is 18.2 Å². The average Bonchev–Trinajstić information content (AvgIpc) is 2.53. The Morgan fingerprint density at radius 2 is 2.14 bits per heavy atom. The number of nitrogens with zero attached hydrogens (tertiary/aromatic N) is 1. The fourth-order valence-electron chi connectivity index (χ4n) is 2.60. The molecule has 0 aromatic heterocycles. The van der Waals surface area contributed by atoms with E-state index in [9.17, 15) is 0 Å². The second-order valence-electron chi connectivity index (χ2n) is 5.23. The standard InChI is InChI=1S/C17H26N2O2/c1-3-6-15-7-4-8-16(20-2)17(15)21-14-5-11-19-12-9-18-10-13-19/h3-4,7-8,18H,1,5-6,9-14H2,2H3. The van der Waals surface area contributed by atoms with Crippen LogP contribution >= 0.6 is 0 Å². The monoisotopic (exact) mass is 290 g/mol. The smallest absolute Gasteiger partial charge is 0.164 e. The van der Waals surface area contributed by atoms with Gasteiger partial charge < -0.3 is 19.7 Å². The average molecular weight is 290 g/mol. The number of rotatable bonds is 8. The molecule has 1 heterocycles. The number of ether oxygens (including phenoxy) is 2. The minimum absolute atomic E-state index is 0.717. The molecule has 1 aromatic rings. The van der Waals surface area contributed by atoms with Crippen molar-refractivity contribution < 1.29 is 9.47 Å². The van der Waals surface area contributed by atoms with Crippen LogP contribution in [0.3, 0.4) is 0 Å². The van der Waals surface area contributed by atoms with E-state index in [-0.39, 0.29) is 0 Å². The summed E-state index contributed by atoms with van der Waals surface area (Å²) >= 11 is 0. The number of benzene rings is 1. The predicted molar refractivity (Wildman–Crippen MR) is 86.3 cm³/mol. The number of hydrogen-bond donors (Lipinski definition) is 1. The highest BCUT2D eigenvalue weighted by Gasteiger charge is 2.11. The number of methoxy groups -OCH3 is 1. The van der Waals surface area contributed by atoms with Crippen LogP contribution in [0.4, 0.5) is 0 Å². The van der Waals surface area contributed by atoms with Crippen LogP contribution in [0.1, 0.15) is 12.0 Å². The SMILES string of the molecule is C=CCc1cccc(OC)c1OCCCN1CCNCC1. The topological polar surface area (TPSA) is 33.7 Å². The lowest BCUT2D eigenvalue weighted by Gasteiger charge is -2.27. The summed E-state index contributed by atoms with van der Waals surface area (Å²) in [6.07, 6.45) is 3.72. The predicted octanol–water partition coefficient (Wildman–Crippen LogP) is 2.10. The Hall–Kier alpha value is -1.52. The summed E-state index contributed by atoms with van der Waals surface area (Å²) in [7, 11) is 1.68. The van der Waals surface area contributed by atoms with Gasteiger partial charge in [0.15, 0.2) is 11.5 Å². The maximum atomic E-state index is 5.99. The molecule has 0 spiro atoms. The molecule has 1 aromatic carbocycles. The first-order valence-corrected chi connectivity index (χ1v) is 7.68. The highest BCUT2D eigenvalue weighted by Crippen LogP contribution is 2.31. The summed E-state index contributed by atoms with van der Waals surface area (Å²) in [6, 6.07) is 6.00.